The average molecular weight is 339 g/mol. The highest BCUT2D eigenvalue weighted by atomic mass is 16.5. The van der Waals surface area contributed by atoms with E-state index in [0.717, 1.165) is 17.7 Å². The Labute approximate surface area is 145 Å². The second kappa shape index (κ2) is 11.3. The van der Waals surface area contributed by atoms with Gasteiger partial charge in [0.15, 0.2) is 11.5 Å². The minimum absolute atomic E-state index is 0.236. The van der Waals surface area contributed by atoms with Gasteiger partial charge in [0, 0.05) is 0 Å². The normalized spacial score (nSPS) is 11.5. The maximum atomic E-state index is 9.25. The number of benzene rings is 1. The Morgan fingerprint density at radius 2 is 1.75 bits per heavy atom. The summed E-state index contributed by atoms with van der Waals surface area (Å²) in [5, 5.41) is 18.5. The van der Waals surface area contributed by atoms with Crippen LogP contribution in [-0.4, -0.2) is 42.7 Å². The van der Waals surface area contributed by atoms with E-state index in [9.17, 15) is 10.2 Å². The van der Waals surface area contributed by atoms with Crippen LogP contribution < -0.4 is 15.2 Å². The van der Waals surface area contributed by atoms with Crippen molar-refractivity contribution in [2.45, 2.75) is 57.4 Å². The van der Waals surface area contributed by atoms with Crippen molar-refractivity contribution in [2.24, 2.45) is 5.73 Å². The first-order valence-electron chi connectivity index (χ1n) is 8.89. The molecule has 4 N–H and O–H groups in total. The highest BCUT2D eigenvalue weighted by Crippen LogP contribution is 2.29. The van der Waals surface area contributed by atoms with Crippen LogP contribution in [0.3, 0.4) is 0 Å². The number of rotatable bonds is 13. The van der Waals surface area contributed by atoms with Crippen LogP contribution in [-0.2, 0) is 6.42 Å². The fourth-order valence-corrected chi connectivity index (χ4v) is 2.48. The average Bonchev–Trinajstić information content (AvgIpc) is 2.63. The van der Waals surface area contributed by atoms with Gasteiger partial charge >= 0.3 is 0 Å². The third kappa shape index (κ3) is 7.07. The van der Waals surface area contributed by atoms with Crippen LogP contribution in [0.2, 0.25) is 0 Å². The van der Waals surface area contributed by atoms with E-state index in [1.807, 2.05) is 18.2 Å². The van der Waals surface area contributed by atoms with Crippen molar-refractivity contribution in [1.29, 1.82) is 0 Å². The molecule has 1 rings (SSSR count). The molecule has 0 bridgehead atoms. The Hall–Kier alpha value is -1.30. The Morgan fingerprint density at radius 1 is 1.04 bits per heavy atom. The molecule has 0 saturated carbocycles. The molecule has 0 aromatic heterocycles. The fourth-order valence-electron chi connectivity index (χ4n) is 2.48. The van der Waals surface area contributed by atoms with E-state index in [4.69, 9.17) is 15.2 Å². The van der Waals surface area contributed by atoms with E-state index in [1.54, 1.807) is 7.11 Å². The second-order valence-electron chi connectivity index (χ2n) is 6.43. The predicted molar refractivity (Wildman–Crippen MR) is 96.7 cm³/mol. The molecule has 0 heterocycles. The first-order valence-corrected chi connectivity index (χ1v) is 8.89. The van der Waals surface area contributed by atoms with Crippen molar-refractivity contribution in [1.82, 2.24) is 0 Å². The minimum atomic E-state index is -0.944. The lowest BCUT2D eigenvalue weighted by Gasteiger charge is -2.24. The Balaban J connectivity index is 2.52. The van der Waals surface area contributed by atoms with Crippen molar-refractivity contribution in [3.8, 4) is 11.5 Å². The highest BCUT2D eigenvalue weighted by molar-refractivity contribution is 5.43. The topological polar surface area (TPSA) is 84.9 Å². The van der Waals surface area contributed by atoms with Crippen LogP contribution >= 0.6 is 0 Å². The van der Waals surface area contributed by atoms with Gasteiger partial charge in [0.1, 0.15) is 0 Å². The van der Waals surface area contributed by atoms with E-state index in [0.29, 0.717) is 25.2 Å². The molecule has 0 saturated heterocycles. The molecule has 0 spiro atoms. The van der Waals surface area contributed by atoms with Crippen molar-refractivity contribution >= 4 is 0 Å². The van der Waals surface area contributed by atoms with Gasteiger partial charge in [-0.25, -0.2) is 0 Å². The van der Waals surface area contributed by atoms with Crippen LogP contribution in [0.4, 0.5) is 0 Å². The molecule has 0 amide bonds. The second-order valence-corrected chi connectivity index (χ2v) is 6.43. The minimum Gasteiger partial charge on any atom is -0.493 e. The van der Waals surface area contributed by atoms with Crippen molar-refractivity contribution < 1.29 is 19.7 Å². The van der Waals surface area contributed by atoms with Gasteiger partial charge in [0.2, 0.25) is 0 Å². The zero-order valence-corrected chi connectivity index (χ0v) is 15.1. The molecule has 0 aliphatic heterocycles. The molecule has 0 radical (unpaired) electrons. The van der Waals surface area contributed by atoms with Crippen LogP contribution in [0.1, 0.15) is 51.0 Å². The van der Waals surface area contributed by atoms with Gasteiger partial charge in [-0.15, -0.1) is 0 Å². The quantitative estimate of drug-likeness (QED) is 0.481. The van der Waals surface area contributed by atoms with Crippen molar-refractivity contribution in [3.05, 3.63) is 23.8 Å². The van der Waals surface area contributed by atoms with Gasteiger partial charge in [0.05, 0.1) is 32.5 Å². The Kier molecular flexibility index (Phi) is 9.76. The monoisotopic (exact) mass is 339 g/mol. The molecular weight excluding hydrogens is 306 g/mol. The first-order chi connectivity index (χ1) is 11.6. The Morgan fingerprint density at radius 3 is 2.38 bits per heavy atom. The molecule has 5 nitrogen and oxygen atoms in total. The lowest BCUT2D eigenvalue weighted by molar-refractivity contribution is 0.115. The number of ether oxygens (including phenoxy) is 2. The standard InChI is InChI=1S/C19H33NO4/c1-3-4-5-6-7-12-24-17-9-8-16(13-18(17)23-2)10-11-19(20,14-21)15-22/h8-9,13,21-22H,3-7,10-12,14-15,20H2,1-2H3. The van der Waals surface area contributed by atoms with E-state index in [-0.39, 0.29) is 13.2 Å². The number of unbranched alkanes of at least 4 members (excludes halogenated alkanes) is 4. The number of aliphatic hydroxyl groups excluding tert-OH is 2. The molecule has 1 aromatic carbocycles. The maximum Gasteiger partial charge on any atom is 0.161 e. The predicted octanol–water partition coefficient (Wildman–Crippen LogP) is 2.66. The van der Waals surface area contributed by atoms with E-state index >= 15 is 0 Å². The summed E-state index contributed by atoms with van der Waals surface area (Å²) in [4.78, 5) is 0. The molecule has 0 atom stereocenters. The molecule has 24 heavy (non-hydrogen) atoms. The largest absolute Gasteiger partial charge is 0.493 e. The fraction of sp³-hybridized carbons (Fsp3) is 0.684. The molecule has 0 aliphatic carbocycles. The molecule has 138 valence electrons. The molecule has 0 aliphatic rings. The third-order valence-electron chi connectivity index (χ3n) is 4.27. The van der Waals surface area contributed by atoms with Gasteiger partial charge in [0.25, 0.3) is 0 Å². The number of hydrogen-bond acceptors (Lipinski definition) is 5. The summed E-state index contributed by atoms with van der Waals surface area (Å²) >= 11 is 0. The lowest BCUT2D eigenvalue weighted by atomic mass is 9.94. The van der Waals surface area contributed by atoms with Gasteiger partial charge < -0.3 is 25.4 Å². The number of aliphatic hydroxyl groups is 2. The van der Waals surface area contributed by atoms with Crippen LogP contribution in [0.5, 0.6) is 11.5 Å². The summed E-state index contributed by atoms with van der Waals surface area (Å²) in [6, 6.07) is 5.82. The van der Waals surface area contributed by atoms with Crippen molar-refractivity contribution in [2.75, 3.05) is 26.9 Å². The molecular formula is C19H33NO4. The van der Waals surface area contributed by atoms with Crippen LogP contribution in [0, 0.1) is 0 Å². The Bertz CT molecular complexity index is 461. The van der Waals surface area contributed by atoms with Crippen molar-refractivity contribution in [3.63, 3.8) is 0 Å². The molecule has 5 heteroatoms. The highest BCUT2D eigenvalue weighted by Gasteiger charge is 2.22. The summed E-state index contributed by atoms with van der Waals surface area (Å²) in [6.45, 7) is 2.43. The van der Waals surface area contributed by atoms with Crippen LogP contribution in [0.15, 0.2) is 18.2 Å². The zero-order chi connectivity index (χ0) is 17.8. The van der Waals surface area contributed by atoms with Gasteiger partial charge in [-0.3, -0.25) is 0 Å². The lowest BCUT2D eigenvalue weighted by Crippen LogP contribution is -2.47. The third-order valence-corrected chi connectivity index (χ3v) is 4.27. The summed E-state index contributed by atoms with van der Waals surface area (Å²) in [5.41, 5.74) is 6.00. The SMILES string of the molecule is CCCCCCCOc1ccc(CCC(N)(CO)CO)cc1OC. The van der Waals surface area contributed by atoms with E-state index in [1.165, 1.54) is 25.7 Å². The number of hydrogen-bond donors (Lipinski definition) is 3. The van der Waals surface area contributed by atoms with E-state index in [2.05, 4.69) is 6.92 Å². The number of aryl methyl sites for hydroxylation is 1. The van der Waals surface area contributed by atoms with Gasteiger partial charge in [-0.2, -0.15) is 0 Å². The summed E-state index contributed by atoms with van der Waals surface area (Å²) in [6.07, 6.45) is 7.18. The number of methoxy groups -OCH3 is 1. The first kappa shape index (κ1) is 20.7. The summed E-state index contributed by atoms with van der Waals surface area (Å²) in [7, 11) is 1.63. The van der Waals surface area contributed by atoms with Crippen LogP contribution in [0.25, 0.3) is 0 Å². The smallest absolute Gasteiger partial charge is 0.161 e. The maximum absolute atomic E-state index is 9.25. The zero-order valence-electron chi connectivity index (χ0n) is 15.1. The molecule has 0 unspecified atom stereocenters. The summed E-state index contributed by atoms with van der Waals surface area (Å²) < 4.78 is 11.2. The molecule has 0 fully saturated rings. The summed E-state index contributed by atoms with van der Waals surface area (Å²) in [5.74, 6) is 1.46. The molecule has 1 aromatic rings. The van der Waals surface area contributed by atoms with Gasteiger partial charge in [-0.05, 0) is 37.0 Å². The number of nitrogens with two attached hydrogens (primary N) is 1. The van der Waals surface area contributed by atoms with Gasteiger partial charge in [-0.1, -0.05) is 38.7 Å². The van der Waals surface area contributed by atoms with E-state index < -0.39 is 5.54 Å².